The Morgan fingerprint density at radius 1 is 0.889 bits per heavy atom. The Bertz CT molecular complexity index is 614. The lowest BCUT2D eigenvalue weighted by Crippen LogP contribution is -1.82. The second-order valence-corrected chi connectivity index (χ2v) is 4.02. The summed E-state index contributed by atoms with van der Waals surface area (Å²) in [5.74, 6) is -0.127. The van der Waals surface area contributed by atoms with Crippen molar-refractivity contribution >= 4 is 28.7 Å². The van der Waals surface area contributed by atoms with Gasteiger partial charge in [-0.15, -0.1) is 10.2 Å². The summed E-state index contributed by atoms with van der Waals surface area (Å²) < 4.78 is 0. The number of rotatable bonds is 2. The molecule has 2 aromatic carbocycles. The van der Waals surface area contributed by atoms with E-state index in [1.165, 1.54) is 30.3 Å². The first-order valence-electron chi connectivity index (χ1n) is 5.05. The standard InChI is InChI=1S/C12H10ClN3O2/c13-7-1-4-11(17)10(5-7)16-15-9-3-2-8(14)6-12(9)18/h1-6,17-18H,14H2. The Labute approximate surface area is 108 Å². The number of benzene rings is 2. The Kier molecular flexibility index (Phi) is 3.34. The average Bonchev–Trinajstić information content (AvgIpc) is 2.32. The molecule has 5 nitrogen and oxygen atoms in total. The fourth-order valence-corrected chi connectivity index (χ4v) is 1.48. The van der Waals surface area contributed by atoms with Crippen LogP contribution in [-0.2, 0) is 0 Å². The van der Waals surface area contributed by atoms with Crippen molar-refractivity contribution in [2.75, 3.05) is 5.73 Å². The summed E-state index contributed by atoms with van der Waals surface area (Å²) in [5.41, 5.74) is 6.39. The number of nitrogen functional groups attached to an aromatic ring is 1. The number of hydrogen-bond acceptors (Lipinski definition) is 5. The summed E-state index contributed by atoms with van der Waals surface area (Å²) in [6, 6.07) is 8.90. The van der Waals surface area contributed by atoms with Crippen molar-refractivity contribution < 1.29 is 10.2 Å². The molecule has 0 saturated carbocycles. The smallest absolute Gasteiger partial charge is 0.145 e. The summed E-state index contributed by atoms with van der Waals surface area (Å²) in [5, 5.41) is 27.2. The van der Waals surface area contributed by atoms with Gasteiger partial charge < -0.3 is 15.9 Å². The van der Waals surface area contributed by atoms with Gasteiger partial charge >= 0.3 is 0 Å². The van der Waals surface area contributed by atoms with Gasteiger partial charge in [-0.3, -0.25) is 0 Å². The highest BCUT2D eigenvalue weighted by molar-refractivity contribution is 6.30. The van der Waals surface area contributed by atoms with Crippen molar-refractivity contribution in [3.63, 3.8) is 0 Å². The summed E-state index contributed by atoms with van der Waals surface area (Å²) in [7, 11) is 0. The SMILES string of the molecule is Nc1ccc(N=Nc2cc(Cl)ccc2O)c(O)c1. The quantitative estimate of drug-likeness (QED) is 0.569. The topological polar surface area (TPSA) is 91.2 Å². The van der Waals surface area contributed by atoms with Crippen molar-refractivity contribution in [3.8, 4) is 11.5 Å². The van der Waals surface area contributed by atoms with E-state index in [1.54, 1.807) is 6.07 Å². The molecule has 0 saturated heterocycles. The molecule has 0 aliphatic carbocycles. The van der Waals surface area contributed by atoms with Gasteiger partial charge in [0.15, 0.2) is 0 Å². The molecular weight excluding hydrogens is 254 g/mol. The zero-order valence-electron chi connectivity index (χ0n) is 9.21. The molecular formula is C12H10ClN3O2. The molecule has 0 amide bonds. The van der Waals surface area contributed by atoms with E-state index in [0.717, 1.165) is 0 Å². The monoisotopic (exact) mass is 263 g/mol. The fraction of sp³-hybridized carbons (Fsp3) is 0. The largest absolute Gasteiger partial charge is 0.506 e. The number of azo groups is 1. The van der Waals surface area contributed by atoms with Crippen LogP contribution < -0.4 is 5.73 Å². The molecule has 0 fully saturated rings. The van der Waals surface area contributed by atoms with Gasteiger partial charge in [-0.05, 0) is 30.3 Å². The van der Waals surface area contributed by atoms with Crippen molar-refractivity contribution in [1.82, 2.24) is 0 Å². The van der Waals surface area contributed by atoms with Gasteiger partial charge in [0, 0.05) is 16.8 Å². The minimum atomic E-state index is -0.0831. The predicted octanol–water partition coefficient (Wildman–Crippen LogP) is 3.75. The first-order chi connectivity index (χ1) is 8.56. The number of nitrogens with zero attached hydrogens (tertiary/aromatic N) is 2. The minimum absolute atomic E-state index is 0.0434. The number of phenolic OH excluding ortho intramolecular Hbond substituents is 2. The van der Waals surface area contributed by atoms with Gasteiger partial charge in [-0.1, -0.05) is 11.6 Å². The van der Waals surface area contributed by atoms with E-state index in [1.807, 2.05) is 0 Å². The number of halogens is 1. The molecule has 0 bridgehead atoms. The Hall–Kier alpha value is -2.27. The molecule has 0 radical (unpaired) electrons. The predicted molar refractivity (Wildman–Crippen MR) is 69.8 cm³/mol. The zero-order valence-corrected chi connectivity index (χ0v) is 9.96. The highest BCUT2D eigenvalue weighted by atomic mass is 35.5. The van der Waals surface area contributed by atoms with E-state index in [9.17, 15) is 10.2 Å². The number of anilines is 1. The van der Waals surface area contributed by atoms with Gasteiger partial charge in [-0.25, -0.2) is 0 Å². The van der Waals surface area contributed by atoms with Crippen molar-refractivity contribution in [2.45, 2.75) is 0 Å². The van der Waals surface area contributed by atoms with Crippen LogP contribution in [0.5, 0.6) is 11.5 Å². The molecule has 0 heterocycles. The highest BCUT2D eigenvalue weighted by Gasteiger charge is 2.03. The number of nitrogens with two attached hydrogens (primary N) is 1. The van der Waals surface area contributed by atoms with Gasteiger partial charge in [-0.2, -0.15) is 0 Å². The molecule has 6 heteroatoms. The second-order valence-electron chi connectivity index (χ2n) is 3.58. The highest BCUT2D eigenvalue weighted by Crippen LogP contribution is 2.33. The summed E-state index contributed by atoms with van der Waals surface area (Å²) in [6.45, 7) is 0. The van der Waals surface area contributed by atoms with Crippen LogP contribution in [0.4, 0.5) is 17.1 Å². The van der Waals surface area contributed by atoms with Crippen LogP contribution in [-0.4, -0.2) is 10.2 Å². The van der Waals surface area contributed by atoms with Crippen LogP contribution in [0.1, 0.15) is 0 Å². The molecule has 0 unspecified atom stereocenters. The molecule has 0 aromatic heterocycles. The average molecular weight is 264 g/mol. The maximum absolute atomic E-state index is 9.57. The Balaban J connectivity index is 2.32. The van der Waals surface area contributed by atoms with E-state index in [2.05, 4.69) is 10.2 Å². The third-order valence-electron chi connectivity index (χ3n) is 2.20. The van der Waals surface area contributed by atoms with Crippen LogP contribution >= 0.6 is 11.6 Å². The first-order valence-corrected chi connectivity index (χ1v) is 5.43. The van der Waals surface area contributed by atoms with Crippen LogP contribution in [0.15, 0.2) is 46.6 Å². The molecule has 4 N–H and O–H groups in total. The summed E-state index contributed by atoms with van der Waals surface area (Å²) in [6.07, 6.45) is 0. The van der Waals surface area contributed by atoms with Gasteiger partial charge in [0.25, 0.3) is 0 Å². The maximum atomic E-state index is 9.57. The van der Waals surface area contributed by atoms with Gasteiger partial charge in [0.2, 0.25) is 0 Å². The first kappa shape index (κ1) is 12.2. The molecule has 0 atom stereocenters. The lowest BCUT2D eigenvalue weighted by molar-refractivity contribution is 0.474. The molecule has 2 rings (SSSR count). The second kappa shape index (κ2) is 4.93. The maximum Gasteiger partial charge on any atom is 0.145 e. The minimum Gasteiger partial charge on any atom is -0.506 e. The Morgan fingerprint density at radius 2 is 1.61 bits per heavy atom. The Morgan fingerprint density at radius 3 is 2.33 bits per heavy atom. The number of phenols is 2. The molecule has 18 heavy (non-hydrogen) atoms. The third-order valence-corrected chi connectivity index (χ3v) is 2.44. The molecule has 0 aliphatic heterocycles. The normalized spacial score (nSPS) is 10.9. The van der Waals surface area contributed by atoms with E-state index in [4.69, 9.17) is 17.3 Å². The van der Waals surface area contributed by atoms with Gasteiger partial charge in [0.1, 0.15) is 22.9 Å². The van der Waals surface area contributed by atoms with Crippen LogP contribution in [0.3, 0.4) is 0 Å². The molecule has 92 valence electrons. The van der Waals surface area contributed by atoms with Crippen LogP contribution in [0.25, 0.3) is 0 Å². The third kappa shape index (κ3) is 2.70. The van der Waals surface area contributed by atoms with E-state index >= 15 is 0 Å². The lowest BCUT2D eigenvalue weighted by Gasteiger charge is -2.00. The van der Waals surface area contributed by atoms with E-state index in [-0.39, 0.29) is 22.9 Å². The van der Waals surface area contributed by atoms with Crippen molar-refractivity contribution in [3.05, 3.63) is 41.4 Å². The van der Waals surface area contributed by atoms with Gasteiger partial charge in [0.05, 0.1) is 0 Å². The summed E-state index contributed by atoms with van der Waals surface area (Å²) >= 11 is 5.77. The molecule has 2 aromatic rings. The lowest BCUT2D eigenvalue weighted by atomic mass is 10.2. The summed E-state index contributed by atoms with van der Waals surface area (Å²) in [4.78, 5) is 0. The fourth-order valence-electron chi connectivity index (χ4n) is 1.31. The molecule has 0 spiro atoms. The number of aromatic hydroxyl groups is 2. The zero-order chi connectivity index (χ0) is 13.1. The van der Waals surface area contributed by atoms with Crippen LogP contribution in [0.2, 0.25) is 5.02 Å². The van der Waals surface area contributed by atoms with Crippen molar-refractivity contribution in [2.24, 2.45) is 10.2 Å². The van der Waals surface area contributed by atoms with Crippen LogP contribution in [0, 0.1) is 0 Å². The van der Waals surface area contributed by atoms with Crippen molar-refractivity contribution in [1.29, 1.82) is 0 Å². The van der Waals surface area contributed by atoms with E-state index < -0.39 is 0 Å². The number of hydrogen-bond donors (Lipinski definition) is 3. The van der Waals surface area contributed by atoms with E-state index in [0.29, 0.717) is 10.7 Å². The molecule has 0 aliphatic rings.